The molecule has 0 spiro atoms. The molecule has 0 N–H and O–H groups in total. The van der Waals surface area contributed by atoms with Crippen LogP contribution in [0.2, 0.25) is 20.1 Å². The van der Waals surface area contributed by atoms with Gasteiger partial charge in [-0.15, -0.1) is 0 Å². The molecule has 0 amide bonds. The number of halogens is 4. The van der Waals surface area contributed by atoms with Gasteiger partial charge in [0.2, 0.25) is 5.89 Å². The smallest absolute Gasteiger partial charge is 0.227 e. The number of nitrogens with zero attached hydrogens (tertiary/aromatic N) is 1. The van der Waals surface area contributed by atoms with Gasteiger partial charge in [-0.05, 0) is 30.3 Å². The summed E-state index contributed by atoms with van der Waals surface area (Å²) < 4.78 is 5.63. The van der Waals surface area contributed by atoms with Crippen molar-refractivity contribution in [3.05, 3.63) is 50.4 Å². The van der Waals surface area contributed by atoms with E-state index < -0.39 is 0 Å². The summed E-state index contributed by atoms with van der Waals surface area (Å²) in [6, 6.07) is 8.35. The Morgan fingerprint density at radius 1 is 0.789 bits per heavy atom. The van der Waals surface area contributed by atoms with E-state index in [1.165, 1.54) is 0 Å². The average molecular weight is 333 g/mol. The minimum Gasteiger partial charge on any atom is -0.435 e. The van der Waals surface area contributed by atoms with Gasteiger partial charge in [-0.25, -0.2) is 4.98 Å². The number of aromatic nitrogens is 1. The Morgan fingerprint density at radius 2 is 1.42 bits per heavy atom. The van der Waals surface area contributed by atoms with Crippen molar-refractivity contribution in [3.8, 4) is 11.5 Å². The Morgan fingerprint density at radius 3 is 2.11 bits per heavy atom. The van der Waals surface area contributed by atoms with Gasteiger partial charge < -0.3 is 4.42 Å². The normalized spacial score (nSPS) is 11.2. The number of oxazole rings is 1. The van der Waals surface area contributed by atoms with E-state index in [9.17, 15) is 0 Å². The van der Waals surface area contributed by atoms with Crippen molar-refractivity contribution in [2.75, 3.05) is 0 Å². The Bertz CT molecular complexity index is 761. The first kappa shape index (κ1) is 13.1. The van der Waals surface area contributed by atoms with Gasteiger partial charge in [0.1, 0.15) is 5.52 Å². The summed E-state index contributed by atoms with van der Waals surface area (Å²) in [6.45, 7) is 0. The molecule has 1 aromatic heterocycles. The summed E-state index contributed by atoms with van der Waals surface area (Å²) in [5.41, 5.74) is 1.75. The molecule has 0 aliphatic carbocycles. The van der Waals surface area contributed by atoms with E-state index in [-0.39, 0.29) is 0 Å². The number of hydrogen-bond donors (Lipinski definition) is 0. The standard InChI is InChI=1S/C13H5Cl4NO/c14-7-1-6(2-8(15)3-7)13-18-11-5-9(16)4-10(17)12(11)19-13/h1-5H. The SMILES string of the molecule is Clc1cc(Cl)cc(-c2nc3cc(Cl)cc(Cl)c3o2)c1. The van der Waals surface area contributed by atoms with Gasteiger partial charge in [0.15, 0.2) is 5.58 Å². The highest BCUT2D eigenvalue weighted by atomic mass is 35.5. The molecule has 0 aliphatic rings. The predicted octanol–water partition coefficient (Wildman–Crippen LogP) is 6.11. The quantitative estimate of drug-likeness (QED) is 0.537. The van der Waals surface area contributed by atoms with Crippen LogP contribution < -0.4 is 0 Å². The first-order valence-corrected chi connectivity index (χ1v) is 6.76. The molecule has 2 aromatic carbocycles. The Labute approximate surface area is 128 Å². The van der Waals surface area contributed by atoms with Crippen LogP contribution in [0.5, 0.6) is 0 Å². The van der Waals surface area contributed by atoms with Gasteiger partial charge >= 0.3 is 0 Å². The maximum atomic E-state index is 6.06. The molecule has 6 heteroatoms. The molecular weight excluding hydrogens is 328 g/mol. The molecule has 96 valence electrons. The van der Waals surface area contributed by atoms with Crippen LogP contribution in [0, 0.1) is 0 Å². The van der Waals surface area contributed by atoms with E-state index in [2.05, 4.69) is 4.98 Å². The van der Waals surface area contributed by atoms with Crippen molar-refractivity contribution in [2.45, 2.75) is 0 Å². The summed E-state index contributed by atoms with van der Waals surface area (Å²) in [6.07, 6.45) is 0. The fraction of sp³-hybridized carbons (Fsp3) is 0. The molecule has 0 atom stereocenters. The van der Waals surface area contributed by atoms with E-state index in [0.29, 0.717) is 42.6 Å². The largest absolute Gasteiger partial charge is 0.435 e. The molecule has 3 aromatic rings. The average Bonchev–Trinajstić information content (AvgIpc) is 2.71. The van der Waals surface area contributed by atoms with Gasteiger partial charge in [0.05, 0.1) is 5.02 Å². The van der Waals surface area contributed by atoms with Gasteiger partial charge in [0, 0.05) is 20.6 Å². The van der Waals surface area contributed by atoms with E-state index in [0.717, 1.165) is 0 Å². The summed E-state index contributed by atoms with van der Waals surface area (Å²) in [4.78, 5) is 4.33. The van der Waals surface area contributed by atoms with Crippen LogP contribution in [0.3, 0.4) is 0 Å². The second-order valence-corrected chi connectivity index (χ2v) is 5.63. The number of hydrogen-bond acceptors (Lipinski definition) is 2. The molecule has 0 fully saturated rings. The van der Waals surface area contributed by atoms with E-state index in [1.54, 1.807) is 30.3 Å². The minimum absolute atomic E-state index is 0.392. The van der Waals surface area contributed by atoms with Gasteiger partial charge in [-0.1, -0.05) is 46.4 Å². The van der Waals surface area contributed by atoms with Crippen LogP contribution >= 0.6 is 46.4 Å². The van der Waals surface area contributed by atoms with Crippen LogP contribution in [-0.2, 0) is 0 Å². The monoisotopic (exact) mass is 331 g/mol. The molecule has 19 heavy (non-hydrogen) atoms. The van der Waals surface area contributed by atoms with E-state index in [4.69, 9.17) is 50.8 Å². The molecule has 0 bridgehead atoms. The molecule has 0 radical (unpaired) electrons. The number of fused-ring (bicyclic) bond motifs is 1. The van der Waals surface area contributed by atoms with E-state index in [1.807, 2.05) is 0 Å². The Balaban J connectivity index is 2.23. The fourth-order valence-electron chi connectivity index (χ4n) is 1.76. The van der Waals surface area contributed by atoms with Crippen molar-refractivity contribution in [2.24, 2.45) is 0 Å². The first-order valence-electron chi connectivity index (χ1n) is 5.25. The van der Waals surface area contributed by atoms with Gasteiger partial charge in [-0.2, -0.15) is 0 Å². The predicted molar refractivity (Wildman–Crippen MR) is 79.5 cm³/mol. The van der Waals surface area contributed by atoms with Crippen LogP contribution in [-0.4, -0.2) is 4.98 Å². The third-order valence-corrected chi connectivity index (χ3v) is 3.45. The topological polar surface area (TPSA) is 26.0 Å². The van der Waals surface area contributed by atoms with Crippen molar-refractivity contribution >= 4 is 57.5 Å². The zero-order valence-corrected chi connectivity index (χ0v) is 12.3. The summed E-state index contributed by atoms with van der Waals surface area (Å²) in [7, 11) is 0. The van der Waals surface area contributed by atoms with Crippen LogP contribution in [0.4, 0.5) is 0 Å². The van der Waals surface area contributed by atoms with Crippen LogP contribution in [0.15, 0.2) is 34.7 Å². The first-order chi connectivity index (χ1) is 9.02. The van der Waals surface area contributed by atoms with E-state index >= 15 is 0 Å². The second-order valence-electron chi connectivity index (χ2n) is 3.91. The lowest BCUT2D eigenvalue weighted by molar-refractivity contribution is 0.620. The van der Waals surface area contributed by atoms with Crippen LogP contribution in [0.1, 0.15) is 0 Å². The number of rotatable bonds is 1. The molecule has 0 aliphatic heterocycles. The minimum atomic E-state index is 0.392. The molecule has 0 saturated carbocycles. The molecule has 3 rings (SSSR count). The lowest BCUT2D eigenvalue weighted by atomic mass is 10.2. The van der Waals surface area contributed by atoms with Crippen LogP contribution in [0.25, 0.3) is 22.6 Å². The van der Waals surface area contributed by atoms with Gasteiger partial charge in [-0.3, -0.25) is 0 Å². The Hall–Kier alpha value is -0.930. The zero-order chi connectivity index (χ0) is 13.6. The fourth-order valence-corrected chi connectivity index (χ4v) is 2.81. The second kappa shape index (κ2) is 4.88. The summed E-state index contributed by atoms with van der Waals surface area (Å²) >= 11 is 23.9. The third kappa shape index (κ3) is 2.54. The molecular formula is C13H5Cl4NO. The highest BCUT2D eigenvalue weighted by Gasteiger charge is 2.13. The zero-order valence-electron chi connectivity index (χ0n) is 9.25. The van der Waals surface area contributed by atoms with Crippen molar-refractivity contribution in [1.82, 2.24) is 4.98 Å². The lowest BCUT2D eigenvalue weighted by Crippen LogP contribution is -1.77. The van der Waals surface area contributed by atoms with Crippen molar-refractivity contribution < 1.29 is 4.42 Å². The maximum Gasteiger partial charge on any atom is 0.227 e. The Kier molecular flexibility index (Phi) is 3.35. The van der Waals surface area contributed by atoms with Crippen molar-refractivity contribution in [3.63, 3.8) is 0 Å². The molecule has 1 heterocycles. The maximum absolute atomic E-state index is 6.06. The summed E-state index contributed by atoms with van der Waals surface area (Å²) in [5.74, 6) is 0.392. The highest BCUT2D eigenvalue weighted by Crippen LogP contribution is 2.33. The lowest BCUT2D eigenvalue weighted by Gasteiger charge is -1.97. The van der Waals surface area contributed by atoms with Crippen molar-refractivity contribution in [1.29, 1.82) is 0 Å². The molecule has 0 saturated heterocycles. The third-order valence-electron chi connectivity index (χ3n) is 2.52. The molecule has 2 nitrogen and oxygen atoms in total. The highest BCUT2D eigenvalue weighted by molar-refractivity contribution is 6.38. The van der Waals surface area contributed by atoms with Gasteiger partial charge in [0.25, 0.3) is 0 Å². The number of benzene rings is 2. The summed E-state index contributed by atoms with van der Waals surface area (Å²) in [5, 5.41) is 1.93. The molecule has 0 unspecified atom stereocenters.